The van der Waals surface area contributed by atoms with Crippen molar-refractivity contribution in [3.8, 4) is 22.5 Å². The highest BCUT2D eigenvalue weighted by Crippen LogP contribution is 2.29. The van der Waals surface area contributed by atoms with E-state index in [4.69, 9.17) is 10.1 Å². The fourth-order valence-electron chi connectivity index (χ4n) is 4.82. The second-order valence-electron chi connectivity index (χ2n) is 9.67. The first kappa shape index (κ1) is 24.8. The van der Waals surface area contributed by atoms with Crippen molar-refractivity contribution in [3.63, 3.8) is 0 Å². The van der Waals surface area contributed by atoms with E-state index in [-0.39, 0.29) is 5.91 Å². The van der Waals surface area contributed by atoms with Crippen LogP contribution >= 0.6 is 0 Å². The number of aromatic nitrogens is 5. The third kappa shape index (κ3) is 5.59. The second kappa shape index (κ2) is 11.0. The van der Waals surface area contributed by atoms with Gasteiger partial charge in [-0.05, 0) is 75.8 Å². The van der Waals surface area contributed by atoms with Crippen molar-refractivity contribution >= 4 is 5.91 Å². The molecule has 1 amide bonds. The summed E-state index contributed by atoms with van der Waals surface area (Å²) < 4.78 is 1.91. The number of benzene rings is 1. The predicted molar refractivity (Wildman–Crippen MR) is 144 cm³/mol. The highest BCUT2D eigenvalue weighted by Gasteiger charge is 2.24. The molecule has 8 nitrogen and oxygen atoms in total. The van der Waals surface area contributed by atoms with Crippen LogP contribution in [0.1, 0.15) is 41.5 Å². The summed E-state index contributed by atoms with van der Waals surface area (Å²) in [6.07, 6.45) is 10.0. The van der Waals surface area contributed by atoms with Gasteiger partial charge in [0, 0.05) is 67.5 Å². The van der Waals surface area contributed by atoms with Crippen molar-refractivity contribution in [2.75, 3.05) is 27.2 Å². The van der Waals surface area contributed by atoms with E-state index >= 15 is 0 Å². The lowest BCUT2D eigenvalue weighted by Crippen LogP contribution is -2.44. The SMILES string of the molecule is CCn1cc(-c2ccnc(Cc3ccc(C(=O)N(C)C4CCN(C)CC4)cc3)n2)c(-c2cccnc2)n1. The Morgan fingerprint density at radius 2 is 1.86 bits per heavy atom. The molecule has 0 N–H and O–H groups in total. The third-order valence-electron chi connectivity index (χ3n) is 7.12. The van der Waals surface area contributed by atoms with Crippen molar-refractivity contribution < 1.29 is 4.79 Å². The van der Waals surface area contributed by atoms with E-state index in [2.05, 4.69) is 28.8 Å². The third-order valence-corrected chi connectivity index (χ3v) is 7.12. The minimum absolute atomic E-state index is 0.0789. The van der Waals surface area contributed by atoms with Gasteiger partial charge in [-0.15, -0.1) is 0 Å². The fourth-order valence-corrected chi connectivity index (χ4v) is 4.82. The standard InChI is InChI=1S/C29H33N7O/c1-4-36-20-25(28(33-36)23-6-5-14-30-19-23)26-11-15-31-27(32-26)18-21-7-9-22(10-8-21)29(37)35(3)24-12-16-34(2)17-13-24/h5-11,14-15,19-20,24H,4,12-13,16-18H2,1-3H3. The van der Waals surface area contributed by atoms with Crippen LogP contribution < -0.4 is 0 Å². The lowest BCUT2D eigenvalue weighted by atomic mass is 10.0. The number of amides is 1. The first-order valence-electron chi connectivity index (χ1n) is 12.9. The second-order valence-corrected chi connectivity index (χ2v) is 9.67. The Labute approximate surface area is 218 Å². The van der Waals surface area contributed by atoms with E-state index in [1.54, 1.807) is 12.4 Å². The number of rotatable bonds is 7. The largest absolute Gasteiger partial charge is 0.339 e. The van der Waals surface area contributed by atoms with Gasteiger partial charge in [0.1, 0.15) is 11.5 Å². The summed E-state index contributed by atoms with van der Waals surface area (Å²) in [5, 5.41) is 4.74. The number of hydrogen-bond donors (Lipinski definition) is 0. The maximum atomic E-state index is 13.0. The van der Waals surface area contributed by atoms with Gasteiger partial charge in [-0.25, -0.2) is 9.97 Å². The monoisotopic (exact) mass is 495 g/mol. The first-order chi connectivity index (χ1) is 18.0. The Kier molecular flexibility index (Phi) is 7.37. The highest BCUT2D eigenvalue weighted by atomic mass is 16.2. The minimum atomic E-state index is 0.0789. The van der Waals surface area contributed by atoms with Crippen LogP contribution in [0.25, 0.3) is 22.5 Å². The molecule has 0 radical (unpaired) electrons. The number of likely N-dealkylation sites (tertiary alicyclic amines) is 1. The molecule has 190 valence electrons. The Hall–Kier alpha value is -3.91. The summed E-state index contributed by atoms with van der Waals surface area (Å²) in [6.45, 7) is 4.89. The van der Waals surface area contributed by atoms with Crippen molar-refractivity contribution in [1.29, 1.82) is 0 Å². The van der Waals surface area contributed by atoms with E-state index in [0.717, 1.165) is 66.4 Å². The van der Waals surface area contributed by atoms with Crippen molar-refractivity contribution in [2.24, 2.45) is 0 Å². The summed E-state index contributed by atoms with van der Waals surface area (Å²) in [6, 6.07) is 14.0. The molecule has 0 aliphatic carbocycles. The van der Waals surface area contributed by atoms with Gasteiger partial charge in [-0.3, -0.25) is 14.5 Å². The molecule has 4 aromatic rings. The van der Waals surface area contributed by atoms with Crippen LogP contribution in [0.3, 0.4) is 0 Å². The first-order valence-corrected chi connectivity index (χ1v) is 12.9. The topological polar surface area (TPSA) is 80.0 Å². The molecule has 0 bridgehead atoms. The van der Waals surface area contributed by atoms with Crippen LogP contribution in [0.15, 0.2) is 67.3 Å². The Morgan fingerprint density at radius 3 is 2.57 bits per heavy atom. The van der Waals surface area contributed by atoms with Crippen molar-refractivity contribution in [3.05, 3.63) is 84.2 Å². The lowest BCUT2D eigenvalue weighted by Gasteiger charge is -2.35. The smallest absolute Gasteiger partial charge is 0.253 e. The summed E-state index contributed by atoms with van der Waals surface area (Å²) in [7, 11) is 4.06. The van der Waals surface area contributed by atoms with Crippen LogP contribution in [0.4, 0.5) is 0 Å². The van der Waals surface area contributed by atoms with Crippen LogP contribution in [0, 0.1) is 0 Å². The molecule has 3 aromatic heterocycles. The summed E-state index contributed by atoms with van der Waals surface area (Å²) >= 11 is 0. The van der Waals surface area contributed by atoms with E-state index < -0.39 is 0 Å². The molecular formula is C29H33N7O. The molecule has 1 fully saturated rings. The molecule has 1 aliphatic rings. The van der Waals surface area contributed by atoms with Gasteiger partial charge < -0.3 is 9.80 Å². The maximum Gasteiger partial charge on any atom is 0.253 e. The van der Waals surface area contributed by atoms with Gasteiger partial charge in [0.05, 0.1) is 5.69 Å². The van der Waals surface area contributed by atoms with E-state index in [0.29, 0.717) is 18.0 Å². The van der Waals surface area contributed by atoms with Crippen LogP contribution in [-0.4, -0.2) is 73.7 Å². The van der Waals surface area contributed by atoms with Crippen LogP contribution in [0.2, 0.25) is 0 Å². The van der Waals surface area contributed by atoms with Crippen molar-refractivity contribution in [1.82, 2.24) is 34.5 Å². The van der Waals surface area contributed by atoms with Gasteiger partial charge in [-0.2, -0.15) is 5.10 Å². The Balaban J connectivity index is 1.32. The number of hydrogen-bond acceptors (Lipinski definition) is 6. The minimum Gasteiger partial charge on any atom is -0.339 e. The zero-order valence-electron chi connectivity index (χ0n) is 21.7. The highest BCUT2D eigenvalue weighted by molar-refractivity contribution is 5.94. The average molecular weight is 496 g/mol. The van der Waals surface area contributed by atoms with Gasteiger partial charge in [-0.1, -0.05) is 12.1 Å². The lowest BCUT2D eigenvalue weighted by molar-refractivity contribution is 0.0659. The molecule has 0 saturated carbocycles. The van der Waals surface area contributed by atoms with Gasteiger partial charge >= 0.3 is 0 Å². The predicted octanol–water partition coefficient (Wildman–Crippen LogP) is 4.18. The fraction of sp³-hybridized carbons (Fsp3) is 0.345. The Morgan fingerprint density at radius 1 is 1.08 bits per heavy atom. The zero-order valence-corrected chi connectivity index (χ0v) is 21.7. The zero-order chi connectivity index (χ0) is 25.8. The number of pyridine rings is 1. The van der Waals surface area contributed by atoms with E-state index in [9.17, 15) is 4.79 Å². The summed E-state index contributed by atoms with van der Waals surface area (Å²) in [5.74, 6) is 0.802. The average Bonchev–Trinajstić information content (AvgIpc) is 3.39. The van der Waals surface area contributed by atoms with Crippen molar-refractivity contribution in [2.45, 2.75) is 38.8 Å². The Bertz CT molecular complexity index is 1340. The summed E-state index contributed by atoms with van der Waals surface area (Å²) in [4.78, 5) is 30.9. The van der Waals surface area contributed by atoms with E-state index in [1.807, 2.05) is 71.5 Å². The van der Waals surface area contributed by atoms with Crippen LogP contribution in [0.5, 0.6) is 0 Å². The molecule has 1 saturated heterocycles. The van der Waals surface area contributed by atoms with Crippen LogP contribution in [-0.2, 0) is 13.0 Å². The molecule has 4 heterocycles. The molecule has 5 rings (SSSR count). The van der Waals surface area contributed by atoms with E-state index in [1.165, 1.54) is 0 Å². The molecule has 1 aliphatic heterocycles. The molecular weight excluding hydrogens is 462 g/mol. The normalized spacial score (nSPS) is 14.6. The van der Waals surface area contributed by atoms with Gasteiger partial charge in [0.15, 0.2) is 0 Å². The molecule has 0 spiro atoms. The summed E-state index contributed by atoms with van der Waals surface area (Å²) in [5.41, 5.74) is 5.37. The maximum absolute atomic E-state index is 13.0. The molecule has 8 heteroatoms. The molecule has 37 heavy (non-hydrogen) atoms. The number of carbonyl (C=O) groups excluding carboxylic acids is 1. The van der Waals surface area contributed by atoms with Gasteiger partial charge in [0.25, 0.3) is 5.91 Å². The number of nitrogens with zero attached hydrogens (tertiary/aromatic N) is 7. The van der Waals surface area contributed by atoms with Gasteiger partial charge in [0.2, 0.25) is 0 Å². The number of aryl methyl sites for hydroxylation is 1. The molecule has 1 aromatic carbocycles. The number of carbonyl (C=O) groups is 1. The number of piperidine rings is 1. The molecule has 0 atom stereocenters. The molecule has 0 unspecified atom stereocenters. The quantitative estimate of drug-likeness (QED) is 0.383.